The molecule has 14 heavy (non-hydrogen) atoms. The Kier molecular flexibility index (Phi) is 6.80. The van der Waals surface area contributed by atoms with E-state index in [1.165, 1.54) is 7.11 Å². The minimum absolute atomic E-state index is 0.358. The van der Waals surface area contributed by atoms with E-state index in [0.717, 1.165) is 18.6 Å². The molecule has 0 aromatic carbocycles. The summed E-state index contributed by atoms with van der Waals surface area (Å²) in [5, 5.41) is 3.76. The Labute approximate surface area is 85.3 Å². The highest BCUT2D eigenvalue weighted by Gasteiger charge is 2.20. The number of hydrogen-bond donors (Lipinski definition) is 0. The third kappa shape index (κ3) is 5.56. The summed E-state index contributed by atoms with van der Waals surface area (Å²) < 4.78 is 4.61. The molecule has 0 fully saturated rings. The average Bonchev–Trinajstić information content (AvgIpc) is 2.16. The van der Waals surface area contributed by atoms with Crippen LogP contribution >= 0.6 is 0 Å². The number of methoxy groups -OCH3 is 1. The van der Waals surface area contributed by atoms with E-state index in [-0.39, 0.29) is 5.97 Å². The molecule has 0 aromatic rings. The number of unbranched alkanes of at least 4 members (excludes halogenated alkanes) is 1. The third-order valence-corrected chi connectivity index (χ3v) is 1.65. The molecule has 0 rings (SSSR count). The Balaban J connectivity index is 4.10. The van der Waals surface area contributed by atoms with Gasteiger partial charge in [-0.05, 0) is 26.7 Å². The van der Waals surface area contributed by atoms with E-state index < -0.39 is 6.10 Å². The van der Waals surface area contributed by atoms with Crippen LogP contribution in [0.3, 0.4) is 0 Å². The highest BCUT2D eigenvalue weighted by atomic mass is 16.7. The van der Waals surface area contributed by atoms with Gasteiger partial charge in [0.1, 0.15) is 0 Å². The molecule has 0 bridgehead atoms. The summed E-state index contributed by atoms with van der Waals surface area (Å²) >= 11 is 0. The predicted octanol–water partition coefficient (Wildman–Crippen LogP) is 2.13. The third-order valence-electron chi connectivity index (χ3n) is 1.65. The molecule has 4 heteroatoms. The van der Waals surface area contributed by atoms with Crippen molar-refractivity contribution in [3.05, 3.63) is 0 Å². The van der Waals surface area contributed by atoms with E-state index in [0.29, 0.717) is 6.42 Å². The Morgan fingerprint density at radius 3 is 2.50 bits per heavy atom. The van der Waals surface area contributed by atoms with Gasteiger partial charge in [0.2, 0.25) is 6.10 Å². The van der Waals surface area contributed by atoms with Gasteiger partial charge in [-0.2, -0.15) is 0 Å². The van der Waals surface area contributed by atoms with E-state index in [2.05, 4.69) is 16.8 Å². The quantitative estimate of drug-likeness (QED) is 0.376. The first-order valence-corrected chi connectivity index (χ1v) is 4.86. The van der Waals surface area contributed by atoms with Gasteiger partial charge in [-0.1, -0.05) is 18.5 Å². The number of carbonyl (C=O) groups excluding carboxylic acids is 1. The minimum atomic E-state index is -0.560. The molecule has 0 amide bonds. The fourth-order valence-electron chi connectivity index (χ4n) is 0.904. The lowest BCUT2D eigenvalue weighted by Gasteiger charge is -2.11. The van der Waals surface area contributed by atoms with Gasteiger partial charge in [-0.25, -0.2) is 4.79 Å². The normalized spacial score (nSPS) is 11.7. The second-order valence-electron chi connectivity index (χ2n) is 3.30. The zero-order valence-electron chi connectivity index (χ0n) is 9.37. The van der Waals surface area contributed by atoms with E-state index in [1.807, 2.05) is 13.8 Å². The summed E-state index contributed by atoms with van der Waals surface area (Å²) in [7, 11) is 1.35. The first-order valence-electron chi connectivity index (χ1n) is 4.86. The maximum Gasteiger partial charge on any atom is 0.349 e. The van der Waals surface area contributed by atoms with Crippen LogP contribution in [0, 0.1) is 0 Å². The Morgan fingerprint density at radius 1 is 1.43 bits per heavy atom. The first kappa shape index (κ1) is 12.9. The molecule has 0 aliphatic heterocycles. The molecule has 0 unspecified atom stereocenters. The maximum atomic E-state index is 11.2. The number of nitrogens with zero attached hydrogens (tertiary/aromatic N) is 1. The number of oxime groups is 1. The molecule has 0 aliphatic rings. The SMILES string of the molecule is CCCC[C@@H](ON=C(C)C)C(=O)OC. The Bertz CT molecular complexity index is 198. The molecular formula is C10H19NO3. The number of ether oxygens (including phenoxy) is 1. The number of rotatable bonds is 6. The smallest absolute Gasteiger partial charge is 0.349 e. The van der Waals surface area contributed by atoms with Crippen LogP contribution in [0.15, 0.2) is 5.16 Å². The fraction of sp³-hybridized carbons (Fsp3) is 0.800. The molecule has 0 saturated heterocycles. The molecule has 0 saturated carbocycles. The predicted molar refractivity (Wildman–Crippen MR) is 55.2 cm³/mol. The van der Waals surface area contributed by atoms with Crippen molar-refractivity contribution in [3.63, 3.8) is 0 Å². The molecule has 0 N–H and O–H groups in total. The topological polar surface area (TPSA) is 47.9 Å². The van der Waals surface area contributed by atoms with Crippen LogP contribution in [-0.2, 0) is 14.4 Å². The Hall–Kier alpha value is -1.06. The molecule has 0 spiro atoms. The largest absolute Gasteiger partial charge is 0.466 e. The van der Waals surface area contributed by atoms with Gasteiger partial charge in [-0.3, -0.25) is 0 Å². The average molecular weight is 201 g/mol. The summed E-state index contributed by atoms with van der Waals surface area (Å²) in [6.45, 7) is 5.69. The van der Waals surface area contributed by atoms with Gasteiger partial charge in [-0.15, -0.1) is 0 Å². The van der Waals surface area contributed by atoms with Gasteiger partial charge in [0.05, 0.1) is 12.8 Å². The summed E-state index contributed by atoms with van der Waals surface area (Å²) in [6.07, 6.45) is 2.04. The zero-order valence-corrected chi connectivity index (χ0v) is 9.37. The highest BCUT2D eigenvalue weighted by molar-refractivity contribution is 5.79. The molecule has 4 nitrogen and oxygen atoms in total. The standard InChI is InChI=1S/C10H19NO3/c1-5-6-7-9(10(12)13-4)14-11-8(2)3/h9H,5-7H2,1-4H3/t9-/m1/s1. The number of hydrogen-bond acceptors (Lipinski definition) is 4. The van der Waals surface area contributed by atoms with Gasteiger partial charge < -0.3 is 9.57 Å². The van der Waals surface area contributed by atoms with E-state index in [1.54, 1.807) is 0 Å². The van der Waals surface area contributed by atoms with Crippen molar-refractivity contribution in [3.8, 4) is 0 Å². The summed E-state index contributed by atoms with van der Waals surface area (Å²) in [4.78, 5) is 16.3. The van der Waals surface area contributed by atoms with E-state index in [9.17, 15) is 4.79 Å². The summed E-state index contributed by atoms with van der Waals surface area (Å²) in [5.74, 6) is -0.358. The second kappa shape index (κ2) is 7.35. The lowest BCUT2D eigenvalue weighted by atomic mass is 10.2. The fourth-order valence-corrected chi connectivity index (χ4v) is 0.904. The summed E-state index contributed by atoms with van der Waals surface area (Å²) in [6, 6.07) is 0. The van der Waals surface area contributed by atoms with Crippen molar-refractivity contribution in [2.45, 2.75) is 46.1 Å². The highest BCUT2D eigenvalue weighted by Crippen LogP contribution is 2.07. The van der Waals surface area contributed by atoms with Gasteiger partial charge >= 0.3 is 5.97 Å². The van der Waals surface area contributed by atoms with Crippen molar-refractivity contribution in [1.29, 1.82) is 0 Å². The monoisotopic (exact) mass is 201 g/mol. The van der Waals surface area contributed by atoms with Crippen molar-refractivity contribution in [1.82, 2.24) is 0 Å². The molecule has 0 aromatic heterocycles. The van der Waals surface area contributed by atoms with Crippen LogP contribution < -0.4 is 0 Å². The molecule has 1 atom stereocenters. The van der Waals surface area contributed by atoms with E-state index >= 15 is 0 Å². The van der Waals surface area contributed by atoms with Crippen LogP contribution in [0.1, 0.15) is 40.0 Å². The summed E-state index contributed by atoms with van der Waals surface area (Å²) in [5.41, 5.74) is 0.787. The van der Waals surface area contributed by atoms with Crippen LogP contribution in [0.25, 0.3) is 0 Å². The van der Waals surface area contributed by atoms with Crippen molar-refractivity contribution in [2.75, 3.05) is 7.11 Å². The molecule has 0 radical (unpaired) electrons. The maximum absolute atomic E-state index is 11.2. The number of carbonyl (C=O) groups is 1. The lowest BCUT2D eigenvalue weighted by Crippen LogP contribution is -2.24. The van der Waals surface area contributed by atoms with Crippen LogP contribution in [0.2, 0.25) is 0 Å². The van der Waals surface area contributed by atoms with Gasteiger partial charge in [0, 0.05) is 0 Å². The molecule has 82 valence electrons. The van der Waals surface area contributed by atoms with Crippen LogP contribution in [0.4, 0.5) is 0 Å². The molecular weight excluding hydrogens is 182 g/mol. The van der Waals surface area contributed by atoms with Crippen LogP contribution in [-0.4, -0.2) is 24.9 Å². The minimum Gasteiger partial charge on any atom is -0.466 e. The van der Waals surface area contributed by atoms with Crippen molar-refractivity contribution < 1.29 is 14.4 Å². The van der Waals surface area contributed by atoms with E-state index in [4.69, 9.17) is 4.84 Å². The van der Waals surface area contributed by atoms with Crippen molar-refractivity contribution in [2.24, 2.45) is 5.16 Å². The molecule has 0 heterocycles. The van der Waals surface area contributed by atoms with Crippen LogP contribution in [0.5, 0.6) is 0 Å². The second-order valence-corrected chi connectivity index (χ2v) is 3.30. The molecule has 0 aliphatic carbocycles. The zero-order chi connectivity index (χ0) is 11.0. The Morgan fingerprint density at radius 2 is 2.07 bits per heavy atom. The lowest BCUT2D eigenvalue weighted by molar-refractivity contribution is -0.154. The number of esters is 1. The van der Waals surface area contributed by atoms with Crippen molar-refractivity contribution >= 4 is 11.7 Å². The van der Waals surface area contributed by atoms with Gasteiger partial charge in [0.25, 0.3) is 0 Å². The first-order chi connectivity index (χ1) is 6.61. The van der Waals surface area contributed by atoms with Gasteiger partial charge in [0.15, 0.2) is 0 Å².